The van der Waals surface area contributed by atoms with Crippen LogP contribution in [0, 0.1) is 5.41 Å². The van der Waals surface area contributed by atoms with Gasteiger partial charge in [0.2, 0.25) is 0 Å². The first kappa shape index (κ1) is 14.4. The molecule has 1 atom stereocenters. The highest BCUT2D eigenvalue weighted by Crippen LogP contribution is 2.53. The molecule has 0 radical (unpaired) electrons. The van der Waals surface area contributed by atoms with Crippen LogP contribution in [0.4, 0.5) is 0 Å². The van der Waals surface area contributed by atoms with Crippen molar-refractivity contribution in [2.45, 2.75) is 39.0 Å². The fraction of sp³-hybridized carbons (Fsp3) is 0.333. The van der Waals surface area contributed by atoms with Crippen molar-refractivity contribution in [2.75, 3.05) is 0 Å². The van der Waals surface area contributed by atoms with Crippen LogP contribution in [0.2, 0.25) is 0 Å². The highest BCUT2D eigenvalue weighted by Gasteiger charge is 2.43. The van der Waals surface area contributed by atoms with E-state index in [1.807, 2.05) is 12.1 Å². The molecule has 1 spiro atoms. The molecule has 0 aromatic heterocycles. The fourth-order valence-electron chi connectivity index (χ4n) is 4.48. The molecule has 1 unspecified atom stereocenters. The van der Waals surface area contributed by atoms with Gasteiger partial charge < -0.3 is 10.2 Å². The van der Waals surface area contributed by atoms with E-state index in [0.29, 0.717) is 11.5 Å². The Morgan fingerprint density at radius 3 is 2.43 bits per heavy atom. The van der Waals surface area contributed by atoms with Gasteiger partial charge in [0.25, 0.3) is 0 Å². The number of fused-ring (bicyclic) bond motifs is 2. The standard InChI is InChI=1S/C21H22O2/c1-2-3-20-19-7-6-18(23)10-14(19)8-9-21(20)12-15-4-5-17(22)11-16(15)13-21/h3-7,10-11,22-23H,2,8-9,12-13H2,1H3. The molecular formula is C21H22O2. The van der Waals surface area contributed by atoms with Crippen molar-refractivity contribution in [3.05, 3.63) is 64.7 Å². The molecule has 0 amide bonds. The molecule has 2 aliphatic rings. The second-order valence-corrected chi connectivity index (χ2v) is 6.95. The van der Waals surface area contributed by atoms with Gasteiger partial charge in [0.05, 0.1) is 0 Å². The van der Waals surface area contributed by atoms with Gasteiger partial charge in [-0.2, -0.15) is 0 Å². The van der Waals surface area contributed by atoms with Crippen LogP contribution in [0.25, 0.3) is 5.57 Å². The number of rotatable bonds is 1. The Morgan fingerprint density at radius 2 is 1.65 bits per heavy atom. The van der Waals surface area contributed by atoms with Gasteiger partial charge in [0, 0.05) is 5.41 Å². The molecule has 118 valence electrons. The molecule has 0 saturated heterocycles. The summed E-state index contributed by atoms with van der Waals surface area (Å²) >= 11 is 0. The van der Waals surface area contributed by atoms with Gasteiger partial charge in [-0.05, 0) is 84.2 Å². The minimum absolute atomic E-state index is 0.149. The highest BCUT2D eigenvalue weighted by molar-refractivity contribution is 5.77. The Labute approximate surface area is 137 Å². The maximum absolute atomic E-state index is 9.80. The summed E-state index contributed by atoms with van der Waals surface area (Å²) in [6.45, 7) is 2.18. The van der Waals surface area contributed by atoms with E-state index >= 15 is 0 Å². The molecule has 0 heterocycles. The summed E-state index contributed by atoms with van der Waals surface area (Å²) in [7, 11) is 0. The maximum atomic E-state index is 9.80. The zero-order chi connectivity index (χ0) is 16.0. The molecule has 2 nitrogen and oxygen atoms in total. The van der Waals surface area contributed by atoms with E-state index in [4.69, 9.17) is 0 Å². The third-order valence-electron chi connectivity index (χ3n) is 5.48. The average molecular weight is 306 g/mol. The first-order valence-electron chi connectivity index (χ1n) is 8.45. The Hall–Kier alpha value is -2.22. The summed E-state index contributed by atoms with van der Waals surface area (Å²) in [5.74, 6) is 0.720. The number of benzene rings is 2. The van der Waals surface area contributed by atoms with Crippen LogP contribution >= 0.6 is 0 Å². The van der Waals surface area contributed by atoms with Crippen molar-refractivity contribution < 1.29 is 10.2 Å². The molecule has 0 aliphatic heterocycles. The molecule has 4 rings (SSSR count). The van der Waals surface area contributed by atoms with Crippen molar-refractivity contribution in [2.24, 2.45) is 5.41 Å². The summed E-state index contributed by atoms with van der Waals surface area (Å²) in [5.41, 5.74) is 6.79. The number of aryl methyl sites for hydroxylation is 1. The molecule has 2 aromatic carbocycles. The lowest BCUT2D eigenvalue weighted by molar-refractivity contribution is 0.377. The summed E-state index contributed by atoms with van der Waals surface area (Å²) in [6, 6.07) is 11.6. The van der Waals surface area contributed by atoms with Gasteiger partial charge in [0.1, 0.15) is 11.5 Å². The van der Waals surface area contributed by atoms with Gasteiger partial charge in [-0.25, -0.2) is 0 Å². The van der Waals surface area contributed by atoms with Gasteiger partial charge in [0.15, 0.2) is 0 Å². The van der Waals surface area contributed by atoms with Crippen LogP contribution in [-0.2, 0) is 19.3 Å². The molecule has 2 aromatic rings. The van der Waals surface area contributed by atoms with E-state index in [1.54, 1.807) is 12.1 Å². The molecule has 0 saturated carbocycles. The number of aromatic hydroxyl groups is 2. The molecule has 2 aliphatic carbocycles. The lowest BCUT2D eigenvalue weighted by Crippen LogP contribution is -2.28. The molecule has 0 bridgehead atoms. The second-order valence-electron chi connectivity index (χ2n) is 6.95. The minimum atomic E-state index is 0.149. The smallest absolute Gasteiger partial charge is 0.115 e. The van der Waals surface area contributed by atoms with E-state index in [2.05, 4.69) is 25.1 Å². The first-order valence-corrected chi connectivity index (χ1v) is 8.45. The number of phenols is 2. The maximum Gasteiger partial charge on any atom is 0.115 e. The van der Waals surface area contributed by atoms with Gasteiger partial charge in [-0.15, -0.1) is 0 Å². The van der Waals surface area contributed by atoms with Crippen LogP contribution < -0.4 is 0 Å². The first-order chi connectivity index (χ1) is 11.1. The highest BCUT2D eigenvalue weighted by atomic mass is 16.3. The molecule has 0 fully saturated rings. The van der Waals surface area contributed by atoms with Crippen LogP contribution in [0.15, 0.2) is 42.5 Å². The van der Waals surface area contributed by atoms with Crippen LogP contribution in [0.3, 0.4) is 0 Å². The second kappa shape index (κ2) is 5.16. The lowest BCUT2D eigenvalue weighted by Gasteiger charge is -2.38. The van der Waals surface area contributed by atoms with E-state index in [0.717, 1.165) is 32.1 Å². The summed E-state index contributed by atoms with van der Waals surface area (Å²) in [6.07, 6.45) is 7.53. The third-order valence-corrected chi connectivity index (χ3v) is 5.48. The molecule has 2 heteroatoms. The lowest BCUT2D eigenvalue weighted by atomic mass is 9.65. The zero-order valence-corrected chi connectivity index (χ0v) is 13.5. The average Bonchev–Trinajstić information content (AvgIpc) is 2.88. The molecule has 23 heavy (non-hydrogen) atoms. The van der Waals surface area contributed by atoms with Crippen LogP contribution in [-0.4, -0.2) is 10.2 Å². The van der Waals surface area contributed by atoms with Crippen molar-refractivity contribution >= 4 is 5.57 Å². The number of allylic oxidation sites excluding steroid dienone is 2. The van der Waals surface area contributed by atoms with Crippen LogP contribution in [0.5, 0.6) is 11.5 Å². The Bertz CT molecular complexity index is 803. The van der Waals surface area contributed by atoms with Gasteiger partial charge >= 0.3 is 0 Å². The third kappa shape index (κ3) is 2.24. The Balaban J connectivity index is 1.81. The monoisotopic (exact) mass is 306 g/mol. The topological polar surface area (TPSA) is 40.5 Å². The normalized spacial score (nSPS) is 24.0. The van der Waals surface area contributed by atoms with Gasteiger partial charge in [-0.3, -0.25) is 0 Å². The number of hydrogen-bond donors (Lipinski definition) is 2. The minimum Gasteiger partial charge on any atom is -0.508 e. The summed E-state index contributed by atoms with van der Waals surface area (Å²) in [5, 5.41) is 19.6. The SMILES string of the molecule is CCC=C1c2ccc(O)cc2CCC12Cc1ccc(O)cc1C2. The summed E-state index contributed by atoms with van der Waals surface area (Å²) < 4.78 is 0. The van der Waals surface area contributed by atoms with Crippen LogP contribution in [0.1, 0.15) is 42.0 Å². The number of hydrogen-bond acceptors (Lipinski definition) is 2. The van der Waals surface area contributed by atoms with Crippen molar-refractivity contribution in [3.8, 4) is 11.5 Å². The van der Waals surface area contributed by atoms with Gasteiger partial charge in [-0.1, -0.05) is 25.1 Å². The van der Waals surface area contributed by atoms with E-state index in [-0.39, 0.29) is 5.41 Å². The largest absolute Gasteiger partial charge is 0.508 e. The van der Waals surface area contributed by atoms with Crippen molar-refractivity contribution in [1.29, 1.82) is 0 Å². The Morgan fingerprint density at radius 1 is 0.957 bits per heavy atom. The van der Waals surface area contributed by atoms with Crippen molar-refractivity contribution in [1.82, 2.24) is 0 Å². The summed E-state index contributed by atoms with van der Waals surface area (Å²) in [4.78, 5) is 0. The van der Waals surface area contributed by atoms with E-state index in [9.17, 15) is 10.2 Å². The fourth-order valence-corrected chi connectivity index (χ4v) is 4.48. The van der Waals surface area contributed by atoms with Crippen molar-refractivity contribution in [3.63, 3.8) is 0 Å². The number of phenolic OH excluding ortho intramolecular Hbond substituents is 2. The molecule has 2 N–H and O–H groups in total. The molecular weight excluding hydrogens is 284 g/mol. The quantitative estimate of drug-likeness (QED) is 0.807. The zero-order valence-electron chi connectivity index (χ0n) is 13.5. The Kier molecular flexibility index (Phi) is 3.22. The van der Waals surface area contributed by atoms with E-state index < -0.39 is 0 Å². The predicted molar refractivity (Wildman–Crippen MR) is 92.6 cm³/mol. The van der Waals surface area contributed by atoms with E-state index in [1.165, 1.54) is 27.8 Å². The predicted octanol–water partition coefficient (Wildman–Crippen LogP) is 4.62.